The number of phosphoric acid groups is 1. The van der Waals surface area contributed by atoms with Gasteiger partial charge in [0.15, 0.2) is 6.10 Å². The molecule has 0 spiro atoms. The van der Waals surface area contributed by atoms with Gasteiger partial charge in [0.05, 0.1) is 27.7 Å². The lowest BCUT2D eigenvalue weighted by Gasteiger charge is -2.28. The maximum absolute atomic E-state index is 12.8. The van der Waals surface area contributed by atoms with Crippen LogP contribution in [0.2, 0.25) is 0 Å². The Kier molecular flexibility index (Phi) is 54.2. The van der Waals surface area contributed by atoms with E-state index in [2.05, 4.69) is 62.5 Å². The van der Waals surface area contributed by atoms with E-state index in [0.717, 1.165) is 44.9 Å². The number of likely N-dealkylation sites (N-methyl/N-ethyl adjacent to an activating group) is 1. The predicted molar refractivity (Wildman–Crippen MR) is 314 cm³/mol. The molecule has 74 heavy (non-hydrogen) atoms. The van der Waals surface area contributed by atoms with Gasteiger partial charge in [-0.25, -0.2) is 0 Å². The number of carbonyl (C=O) groups excluding carboxylic acids is 2. The third kappa shape index (κ3) is 59.2. The number of ether oxygens (including phenoxy) is 2. The molecule has 2 unspecified atom stereocenters. The average Bonchev–Trinajstić information content (AvgIpc) is 3.36. The van der Waals surface area contributed by atoms with Gasteiger partial charge in [0, 0.05) is 12.8 Å². The molecular formula is C64H120NO8P. The zero-order valence-corrected chi connectivity index (χ0v) is 50.2. The van der Waals surface area contributed by atoms with Crippen LogP contribution < -0.4 is 4.89 Å². The SMILES string of the molecule is CCCCC/C=C\C/C=C\CCCCCCCCCCCC(=O)OCC(COP(=O)([O-])OCC[N+](C)(C)C)OC(=O)CCCCCCCCCCCCCCCCCCCCC/C=C\C/C=C\CCCCCCC. The summed E-state index contributed by atoms with van der Waals surface area (Å²) in [5.74, 6) is -0.826. The molecule has 0 aliphatic carbocycles. The van der Waals surface area contributed by atoms with Gasteiger partial charge in [0.25, 0.3) is 7.82 Å². The lowest BCUT2D eigenvalue weighted by molar-refractivity contribution is -0.870. The van der Waals surface area contributed by atoms with E-state index in [9.17, 15) is 19.0 Å². The number of rotatable bonds is 58. The van der Waals surface area contributed by atoms with Crippen LogP contribution >= 0.6 is 7.82 Å². The van der Waals surface area contributed by atoms with E-state index in [0.29, 0.717) is 17.4 Å². The molecule has 0 aromatic carbocycles. The molecule has 9 nitrogen and oxygen atoms in total. The first-order valence-corrected chi connectivity index (χ1v) is 32.8. The van der Waals surface area contributed by atoms with E-state index in [1.807, 2.05) is 21.1 Å². The third-order valence-electron chi connectivity index (χ3n) is 13.8. The third-order valence-corrected chi connectivity index (χ3v) is 14.8. The summed E-state index contributed by atoms with van der Waals surface area (Å²) in [4.78, 5) is 37.9. The molecule has 0 heterocycles. The van der Waals surface area contributed by atoms with Gasteiger partial charge in [0.1, 0.15) is 19.8 Å². The van der Waals surface area contributed by atoms with Crippen molar-refractivity contribution < 1.29 is 42.1 Å². The summed E-state index contributed by atoms with van der Waals surface area (Å²) in [7, 11) is 1.17. The van der Waals surface area contributed by atoms with Crippen molar-refractivity contribution >= 4 is 19.8 Å². The van der Waals surface area contributed by atoms with Crippen molar-refractivity contribution in [3.63, 3.8) is 0 Å². The topological polar surface area (TPSA) is 111 Å². The zero-order chi connectivity index (χ0) is 54.2. The fourth-order valence-corrected chi connectivity index (χ4v) is 9.68. The van der Waals surface area contributed by atoms with E-state index in [1.165, 1.54) is 218 Å². The van der Waals surface area contributed by atoms with Crippen molar-refractivity contribution in [3.05, 3.63) is 48.6 Å². The second kappa shape index (κ2) is 55.7. The summed E-state index contributed by atoms with van der Waals surface area (Å²) in [5.41, 5.74) is 0. The fourth-order valence-electron chi connectivity index (χ4n) is 8.95. The second-order valence-corrected chi connectivity index (χ2v) is 23.8. The van der Waals surface area contributed by atoms with Crippen LogP contribution in [0.5, 0.6) is 0 Å². The summed E-state index contributed by atoms with van der Waals surface area (Å²) in [6, 6.07) is 0. The molecule has 0 aromatic heterocycles. The first kappa shape index (κ1) is 72.0. The van der Waals surface area contributed by atoms with Crippen molar-refractivity contribution in [3.8, 4) is 0 Å². The number of carbonyl (C=O) groups is 2. The van der Waals surface area contributed by atoms with Crippen molar-refractivity contribution in [1.82, 2.24) is 0 Å². The Morgan fingerprint density at radius 1 is 0.419 bits per heavy atom. The number of quaternary nitrogens is 1. The summed E-state index contributed by atoms with van der Waals surface area (Å²) in [6.07, 6.45) is 70.3. The average molecular weight is 1060 g/mol. The highest BCUT2D eigenvalue weighted by atomic mass is 31.2. The van der Waals surface area contributed by atoms with Crippen LogP contribution in [0.3, 0.4) is 0 Å². The predicted octanol–water partition coefficient (Wildman–Crippen LogP) is 19.1. The van der Waals surface area contributed by atoms with Crippen LogP contribution in [0.15, 0.2) is 48.6 Å². The second-order valence-electron chi connectivity index (χ2n) is 22.4. The molecule has 0 aliphatic rings. The van der Waals surface area contributed by atoms with E-state index in [1.54, 1.807) is 0 Å². The van der Waals surface area contributed by atoms with Crippen molar-refractivity contribution in [1.29, 1.82) is 0 Å². The molecule has 0 aliphatic heterocycles. The summed E-state index contributed by atoms with van der Waals surface area (Å²) >= 11 is 0. The van der Waals surface area contributed by atoms with Gasteiger partial charge < -0.3 is 27.9 Å². The number of unbranched alkanes of at least 4 members (excludes halogenated alkanes) is 36. The molecule has 2 atom stereocenters. The summed E-state index contributed by atoms with van der Waals surface area (Å²) in [5, 5.41) is 0. The first-order chi connectivity index (χ1) is 36.0. The molecule has 0 bridgehead atoms. The van der Waals surface area contributed by atoms with Gasteiger partial charge >= 0.3 is 11.9 Å². The number of nitrogens with zero attached hydrogens (tertiary/aromatic N) is 1. The van der Waals surface area contributed by atoms with E-state index < -0.39 is 26.5 Å². The molecule has 0 saturated heterocycles. The van der Waals surface area contributed by atoms with Crippen LogP contribution in [0.1, 0.15) is 296 Å². The molecule has 0 rings (SSSR count). The molecule has 0 N–H and O–H groups in total. The Morgan fingerprint density at radius 2 is 0.730 bits per heavy atom. The highest BCUT2D eigenvalue weighted by molar-refractivity contribution is 7.45. The number of phosphoric ester groups is 1. The molecule has 0 amide bonds. The maximum atomic E-state index is 12.8. The Hall–Kier alpha value is -2.03. The standard InChI is InChI=1S/C64H120NO8P/c1-6-8-10-12-14-16-18-20-22-24-26-27-28-29-30-31-32-33-34-35-36-37-39-41-43-45-47-49-51-53-55-57-64(67)73-62(61-72-74(68,69)71-59-58-65(3,4)5)60-70-63(66)56-54-52-50-48-46-44-42-40-38-25-23-21-19-17-15-13-11-9-7-2/h15,17-18,20-21,23-24,26,62H,6-14,16,19,22,25,27-61H2,1-5H3/b17-15-,20-18-,23-21-,26-24-. The normalized spacial score (nSPS) is 13.5. The summed E-state index contributed by atoms with van der Waals surface area (Å²) < 4.78 is 34.2. The lowest BCUT2D eigenvalue weighted by Crippen LogP contribution is -2.37. The Morgan fingerprint density at radius 3 is 1.09 bits per heavy atom. The first-order valence-electron chi connectivity index (χ1n) is 31.3. The van der Waals surface area contributed by atoms with Gasteiger partial charge in [-0.15, -0.1) is 0 Å². The zero-order valence-electron chi connectivity index (χ0n) is 49.3. The quantitative estimate of drug-likeness (QED) is 0.0195. The van der Waals surface area contributed by atoms with Crippen LogP contribution in [0.25, 0.3) is 0 Å². The van der Waals surface area contributed by atoms with Gasteiger partial charge in [-0.2, -0.15) is 0 Å². The molecule has 0 saturated carbocycles. The number of hydrogen-bond acceptors (Lipinski definition) is 8. The van der Waals surface area contributed by atoms with E-state index >= 15 is 0 Å². The minimum Gasteiger partial charge on any atom is -0.756 e. The maximum Gasteiger partial charge on any atom is 0.306 e. The van der Waals surface area contributed by atoms with Gasteiger partial charge in [0.2, 0.25) is 0 Å². The largest absolute Gasteiger partial charge is 0.756 e. The highest BCUT2D eigenvalue weighted by Gasteiger charge is 2.22. The van der Waals surface area contributed by atoms with E-state index in [4.69, 9.17) is 18.5 Å². The minimum atomic E-state index is -4.64. The number of hydrogen-bond donors (Lipinski definition) is 0. The lowest BCUT2D eigenvalue weighted by atomic mass is 10.0. The van der Waals surface area contributed by atoms with Crippen molar-refractivity contribution in [2.24, 2.45) is 0 Å². The molecule has 434 valence electrons. The van der Waals surface area contributed by atoms with Gasteiger partial charge in [-0.1, -0.05) is 255 Å². The number of esters is 2. The van der Waals surface area contributed by atoms with Crippen LogP contribution in [-0.4, -0.2) is 70.0 Å². The molecule has 10 heteroatoms. The Balaban J connectivity index is 4.05. The Labute approximate surface area is 458 Å². The molecular weight excluding hydrogens is 942 g/mol. The summed E-state index contributed by atoms with van der Waals surface area (Å²) in [6.45, 7) is 4.24. The minimum absolute atomic E-state index is 0.0307. The molecule has 0 radical (unpaired) electrons. The molecule has 0 fully saturated rings. The van der Waals surface area contributed by atoms with Crippen molar-refractivity contribution in [2.75, 3.05) is 47.5 Å². The van der Waals surface area contributed by atoms with Crippen LogP contribution in [0, 0.1) is 0 Å². The van der Waals surface area contributed by atoms with E-state index in [-0.39, 0.29) is 32.0 Å². The number of allylic oxidation sites excluding steroid dienone is 8. The highest BCUT2D eigenvalue weighted by Crippen LogP contribution is 2.38. The van der Waals surface area contributed by atoms with Gasteiger partial charge in [-0.05, 0) is 77.0 Å². The van der Waals surface area contributed by atoms with Crippen LogP contribution in [0.4, 0.5) is 0 Å². The molecule has 0 aromatic rings. The fraction of sp³-hybridized carbons (Fsp3) is 0.844. The Bertz CT molecular complexity index is 1390. The van der Waals surface area contributed by atoms with Crippen molar-refractivity contribution in [2.45, 2.75) is 302 Å². The van der Waals surface area contributed by atoms with Gasteiger partial charge in [-0.3, -0.25) is 14.2 Å². The monoisotopic (exact) mass is 1060 g/mol. The smallest absolute Gasteiger partial charge is 0.306 e. The van der Waals surface area contributed by atoms with Crippen LogP contribution in [-0.2, 0) is 32.7 Å².